The molecule has 2 nitrogen and oxygen atoms in total. The lowest BCUT2D eigenvalue weighted by Crippen LogP contribution is -2.29. The van der Waals surface area contributed by atoms with Crippen LogP contribution in [0.1, 0.15) is 13.3 Å². The zero-order chi connectivity index (χ0) is 5.82. The van der Waals surface area contributed by atoms with Crippen LogP contribution in [0.4, 0.5) is 0 Å². The monoisotopic (exact) mass is 114 g/mol. The summed E-state index contributed by atoms with van der Waals surface area (Å²) >= 11 is 0. The molecule has 0 saturated carbocycles. The summed E-state index contributed by atoms with van der Waals surface area (Å²) in [6.45, 7) is 5.90. The van der Waals surface area contributed by atoms with Crippen molar-refractivity contribution in [1.29, 1.82) is 0 Å². The second kappa shape index (κ2) is 3.05. The van der Waals surface area contributed by atoms with Crippen LogP contribution in [-0.2, 0) is 0 Å². The molecule has 0 aromatic carbocycles. The fourth-order valence-electron chi connectivity index (χ4n) is 0.295. The second-order valence-corrected chi connectivity index (χ2v) is 2.41. The lowest BCUT2D eigenvalue weighted by atomic mass is 10.3. The summed E-state index contributed by atoms with van der Waals surface area (Å²) in [5.74, 6) is 0. The molecule has 1 unspecified atom stereocenters. The average Bonchev–Trinajstić information content (AvgIpc) is 2.13. The van der Waals surface area contributed by atoms with Gasteiger partial charge in [0.1, 0.15) is 0 Å². The highest BCUT2D eigenvalue weighted by Crippen LogP contribution is 1.88. The Morgan fingerprint density at radius 2 is 1.62 bits per heavy atom. The first-order valence-electron chi connectivity index (χ1n) is 3.33. The largest absolute Gasteiger partial charge is 0.317 e. The molecule has 0 aromatic rings. The minimum Gasteiger partial charge on any atom is -0.317 e. The van der Waals surface area contributed by atoms with E-state index in [9.17, 15) is 0 Å². The molecule has 0 aromatic heterocycles. The predicted molar refractivity (Wildman–Crippen MR) is 35.0 cm³/mol. The number of nitrogens with one attached hydrogen (secondary N) is 2. The first kappa shape index (κ1) is 6.05. The van der Waals surface area contributed by atoms with Gasteiger partial charge in [0, 0.05) is 12.6 Å². The normalized spacial score (nSPS) is 31.9. The van der Waals surface area contributed by atoms with E-state index in [4.69, 9.17) is 0 Å². The lowest BCUT2D eigenvalue weighted by Gasteiger charge is -2.09. The van der Waals surface area contributed by atoms with Gasteiger partial charge < -0.3 is 10.6 Å². The first-order valence-corrected chi connectivity index (χ1v) is 3.33. The van der Waals surface area contributed by atoms with Gasteiger partial charge in [-0.3, -0.25) is 0 Å². The fourth-order valence-corrected chi connectivity index (χ4v) is 0.295. The number of hydrogen-bond acceptors (Lipinski definition) is 2. The van der Waals surface area contributed by atoms with Crippen LogP contribution in [0.15, 0.2) is 0 Å². The summed E-state index contributed by atoms with van der Waals surface area (Å²) < 4.78 is 0. The highest BCUT2D eigenvalue weighted by molar-refractivity contribution is 4.76. The molecule has 2 aliphatic heterocycles. The smallest absolute Gasteiger partial charge is 0.0164 e. The Morgan fingerprint density at radius 1 is 1.38 bits per heavy atom. The van der Waals surface area contributed by atoms with Crippen LogP contribution in [-0.4, -0.2) is 25.7 Å². The highest BCUT2D eigenvalue weighted by Gasteiger charge is 2.10. The van der Waals surface area contributed by atoms with E-state index in [1.54, 1.807) is 0 Å². The quantitative estimate of drug-likeness (QED) is 0.433. The standard InChI is InChI=1S/2C3H7N/c1-3-2-4-3;1-2-4-3-1/h3-4H,2H2,1H3;4H,1-3H2. The molecule has 2 heterocycles. The van der Waals surface area contributed by atoms with Crippen LogP contribution in [0.3, 0.4) is 0 Å². The van der Waals surface area contributed by atoms with Crippen molar-refractivity contribution < 1.29 is 0 Å². The molecular formula is C6H14N2. The Labute approximate surface area is 50.7 Å². The minimum atomic E-state index is 0.833. The Balaban J connectivity index is 0.0000000800. The molecule has 2 fully saturated rings. The maximum atomic E-state index is 3.11. The molecule has 2 heteroatoms. The molecule has 0 bridgehead atoms. The van der Waals surface area contributed by atoms with Crippen molar-refractivity contribution >= 4 is 0 Å². The van der Waals surface area contributed by atoms with Gasteiger partial charge in [-0.2, -0.15) is 0 Å². The first-order chi connectivity index (χ1) is 3.89. The van der Waals surface area contributed by atoms with Gasteiger partial charge in [-0.05, 0) is 26.4 Å². The van der Waals surface area contributed by atoms with Crippen LogP contribution in [0.5, 0.6) is 0 Å². The van der Waals surface area contributed by atoms with Gasteiger partial charge in [0.2, 0.25) is 0 Å². The van der Waals surface area contributed by atoms with E-state index >= 15 is 0 Å². The summed E-state index contributed by atoms with van der Waals surface area (Å²) in [7, 11) is 0. The van der Waals surface area contributed by atoms with Crippen molar-refractivity contribution in [2.24, 2.45) is 0 Å². The zero-order valence-corrected chi connectivity index (χ0v) is 5.41. The Kier molecular flexibility index (Phi) is 2.30. The SMILES string of the molecule is C1CNC1.CC1CN1. The van der Waals surface area contributed by atoms with Crippen LogP contribution in [0.2, 0.25) is 0 Å². The van der Waals surface area contributed by atoms with Crippen molar-refractivity contribution in [3.05, 3.63) is 0 Å². The average molecular weight is 114 g/mol. The maximum absolute atomic E-state index is 3.11. The van der Waals surface area contributed by atoms with Gasteiger partial charge in [0.25, 0.3) is 0 Å². The molecule has 2 saturated heterocycles. The van der Waals surface area contributed by atoms with Gasteiger partial charge in [-0.1, -0.05) is 0 Å². The fraction of sp³-hybridized carbons (Fsp3) is 1.00. The predicted octanol–water partition coefficient (Wildman–Crippen LogP) is -0.0422. The maximum Gasteiger partial charge on any atom is 0.0164 e. The molecule has 0 aliphatic carbocycles. The third-order valence-electron chi connectivity index (χ3n) is 1.32. The number of rotatable bonds is 0. The third-order valence-corrected chi connectivity index (χ3v) is 1.32. The van der Waals surface area contributed by atoms with E-state index in [2.05, 4.69) is 17.6 Å². The van der Waals surface area contributed by atoms with E-state index in [-0.39, 0.29) is 0 Å². The van der Waals surface area contributed by atoms with Crippen molar-refractivity contribution in [2.45, 2.75) is 19.4 Å². The van der Waals surface area contributed by atoms with Gasteiger partial charge in [0.05, 0.1) is 0 Å². The lowest BCUT2D eigenvalue weighted by molar-refractivity contribution is 0.527. The van der Waals surface area contributed by atoms with Crippen molar-refractivity contribution in [2.75, 3.05) is 19.6 Å². The Hall–Kier alpha value is -0.0800. The van der Waals surface area contributed by atoms with Gasteiger partial charge in [-0.15, -0.1) is 0 Å². The van der Waals surface area contributed by atoms with Gasteiger partial charge in [-0.25, -0.2) is 0 Å². The summed E-state index contributed by atoms with van der Waals surface area (Å²) in [6.07, 6.45) is 1.39. The van der Waals surface area contributed by atoms with Crippen LogP contribution >= 0.6 is 0 Å². The molecule has 1 atom stereocenters. The highest BCUT2D eigenvalue weighted by atomic mass is 15.1. The van der Waals surface area contributed by atoms with E-state index in [1.165, 1.54) is 26.1 Å². The molecule has 2 rings (SSSR count). The topological polar surface area (TPSA) is 34.0 Å². The summed E-state index contributed by atoms with van der Waals surface area (Å²) in [6, 6.07) is 0.833. The molecular weight excluding hydrogens is 100 g/mol. The summed E-state index contributed by atoms with van der Waals surface area (Å²) in [5, 5.41) is 6.21. The third kappa shape index (κ3) is 2.99. The summed E-state index contributed by atoms with van der Waals surface area (Å²) in [4.78, 5) is 0. The molecule has 2 aliphatic rings. The van der Waals surface area contributed by atoms with E-state index < -0.39 is 0 Å². The van der Waals surface area contributed by atoms with Crippen LogP contribution < -0.4 is 10.6 Å². The van der Waals surface area contributed by atoms with Crippen molar-refractivity contribution in [3.8, 4) is 0 Å². The molecule has 2 N–H and O–H groups in total. The molecule has 0 spiro atoms. The van der Waals surface area contributed by atoms with Gasteiger partial charge in [0.15, 0.2) is 0 Å². The zero-order valence-electron chi connectivity index (χ0n) is 5.41. The molecule has 48 valence electrons. The molecule has 0 radical (unpaired) electrons. The van der Waals surface area contributed by atoms with E-state index in [0.29, 0.717) is 0 Å². The van der Waals surface area contributed by atoms with Gasteiger partial charge >= 0.3 is 0 Å². The van der Waals surface area contributed by atoms with Crippen molar-refractivity contribution in [1.82, 2.24) is 10.6 Å². The van der Waals surface area contributed by atoms with E-state index in [1.807, 2.05) is 0 Å². The van der Waals surface area contributed by atoms with Crippen LogP contribution in [0, 0.1) is 0 Å². The minimum absolute atomic E-state index is 0.833. The van der Waals surface area contributed by atoms with Crippen molar-refractivity contribution in [3.63, 3.8) is 0 Å². The number of hydrogen-bond donors (Lipinski definition) is 2. The molecule has 0 amide bonds. The Bertz CT molecular complexity index is 51.5. The van der Waals surface area contributed by atoms with Crippen LogP contribution in [0.25, 0.3) is 0 Å². The Morgan fingerprint density at radius 3 is 1.62 bits per heavy atom. The molecule has 8 heavy (non-hydrogen) atoms. The van der Waals surface area contributed by atoms with E-state index in [0.717, 1.165) is 6.04 Å². The summed E-state index contributed by atoms with van der Waals surface area (Å²) in [5.41, 5.74) is 0. The second-order valence-electron chi connectivity index (χ2n) is 2.41.